The molecule has 30 heteroatoms. The Bertz CT molecular complexity index is 4000. The van der Waals surface area contributed by atoms with Gasteiger partial charge >= 0.3 is 190 Å². The SMILES string of the molecule is O=C(NCCOCC#CCc1cn([C@H]2CC[C@@H](COP(OO)(OOO)(P(=O)=O)P(=O)=O)O2)c(=O)[nH]c1=O)c1ccc(CNC(=O)c2cc(Cl)c(-c3c4cc5c6c(c4[o+]c4c7c8c(cc34)CCCN8CCC7)CCCN6CCC5)c(C(=O)O)c2Cl)cc1. The van der Waals surface area contributed by atoms with E-state index in [-0.39, 0.29) is 77.9 Å². The van der Waals surface area contributed by atoms with E-state index in [4.69, 9.17) is 46.9 Å². The van der Waals surface area contributed by atoms with Gasteiger partial charge in [0.15, 0.2) is 0 Å². The predicted molar refractivity (Wildman–Crippen MR) is 313 cm³/mol. The molecule has 0 radical (unpaired) electrons. The minimum Gasteiger partial charge on any atom is -0.478 e. The molecule has 0 spiro atoms. The van der Waals surface area contributed by atoms with Crippen molar-refractivity contribution in [2.45, 2.75) is 89.5 Å². The Balaban J connectivity index is 0.710. The van der Waals surface area contributed by atoms with E-state index in [0.717, 1.165) is 115 Å². The first-order chi connectivity index (χ1) is 41.4. The fourth-order valence-electron chi connectivity index (χ4n) is 12.2. The first-order valence-electron chi connectivity index (χ1n) is 27.6. The Kier molecular flexibility index (Phi) is 17.8. The second kappa shape index (κ2) is 25.2. The number of carbonyl (C=O) groups excluding carboxylic acids is 2. The number of carboxylic acids is 1. The number of nitrogens with one attached hydrogen (secondary N) is 3. The molecule has 86 heavy (non-hydrogen) atoms. The normalized spacial score (nSPS) is 17.5. The van der Waals surface area contributed by atoms with E-state index < -0.39 is 69.4 Å². The van der Waals surface area contributed by atoms with Crippen molar-refractivity contribution in [2.75, 3.05) is 62.3 Å². The Morgan fingerprint density at radius 3 is 2.03 bits per heavy atom. The maximum absolute atomic E-state index is 14.0. The Morgan fingerprint density at radius 2 is 1.44 bits per heavy atom. The van der Waals surface area contributed by atoms with Gasteiger partial charge in [0.05, 0.1) is 61.1 Å². The summed E-state index contributed by atoms with van der Waals surface area (Å²) in [5.74, 6) is 3.11. The summed E-state index contributed by atoms with van der Waals surface area (Å²) in [6.45, 7) is -3.49. The number of carboxylic acid groups (broad SMARTS) is 1. The van der Waals surface area contributed by atoms with Crippen LogP contribution in [0, 0.1) is 11.8 Å². The molecule has 0 bridgehead atoms. The van der Waals surface area contributed by atoms with Crippen LogP contribution in [-0.2, 0) is 85.3 Å². The molecule has 0 saturated carbocycles. The number of aromatic amines is 1. The second-order valence-electron chi connectivity index (χ2n) is 21.3. The molecule has 5 aliphatic rings. The number of nitrogens with zero attached hydrogens (tertiary/aromatic N) is 3. The summed E-state index contributed by atoms with van der Waals surface area (Å²) in [5, 5.41) is 39.1. The number of aryl methyl sites for hydroxylation is 4. The molecule has 5 aliphatic heterocycles. The van der Waals surface area contributed by atoms with Gasteiger partial charge in [-0.25, -0.2) is 9.21 Å². The van der Waals surface area contributed by atoms with Crippen molar-refractivity contribution in [3.05, 3.63) is 130 Å². The average Bonchev–Trinajstić information content (AvgIpc) is 1.84. The Hall–Kier alpha value is -6.71. The molecule has 2 atom stereocenters. The number of rotatable bonds is 20. The van der Waals surface area contributed by atoms with Crippen LogP contribution >= 0.6 is 44.6 Å². The molecule has 25 nitrogen and oxygen atoms in total. The third kappa shape index (κ3) is 11.2. The van der Waals surface area contributed by atoms with Crippen molar-refractivity contribution >= 4 is 95.7 Å². The second-order valence-corrected chi connectivity index (χ2v) is 32.2. The number of benzene rings is 4. The van der Waals surface area contributed by atoms with Gasteiger partial charge < -0.3 is 30.3 Å². The summed E-state index contributed by atoms with van der Waals surface area (Å²) in [6, 6.07) is 12.2. The van der Waals surface area contributed by atoms with Crippen LogP contribution in [0.2, 0.25) is 10.0 Å². The molecule has 11 rings (SSSR count). The molecule has 0 unspecified atom stereocenters. The van der Waals surface area contributed by atoms with E-state index in [1.54, 1.807) is 24.3 Å². The number of ether oxygens (including phenoxy) is 2. The summed E-state index contributed by atoms with van der Waals surface area (Å²) in [7, 11) is -8.79. The number of aromatic nitrogens is 2. The fourth-order valence-corrected chi connectivity index (χ4v) is 17.3. The third-order valence-corrected chi connectivity index (χ3v) is 26.6. The smallest absolute Gasteiger partial charge is 0.366 e. The first-order valence-corrected chi connectivity index (χ1v) is 34.1. The number of halogens is 2. The van der Waals surface area contributed by atoms with E-state index in [2.05, 4.69) is 63.8 Å². The van der Waals surface area contributed by atoms with Crippen LogP contribution in [-0.4, -0.2) is 102 Å². The summed E-state index contributed by atoms with van der Waals surface area (Å²) in [6.07, 6.45) is 6.32. The molecule has 7 heterocycles. The number of anilines is 2. The van der Waals surface area contributed by atoms with Gasteiger partial charge in [0.2, 0.25) is 0 Å². The molecule has 452 valence electrons. The standard InChI is InChI=1S/C56H55Cl2N6O19P3/c57-42-27-41(47(58)46(55(68)69)45(42)44-39-25-33-8-3-19-62-21-5-10-37(48(33)62)50(39)80-51-38-11-6-22-63-20-4-9-34(49(38)63)26-40(44)51)54(67)60-28-31-12-14-32(15-13-31)52(65)59-18-24-77-23-2-1-7-35-29-64(56(70)61-53(35)66)43-17-16-36(79-43)30-78-86(82-72,83-81-71,84(73)74)85(75)76/h12-15,25-27,29,36,43H,3-11,16-24,28,30H2,(H5-,59,60,61,65,66,67,68,69,70,71,72)/p+1/t36-,43+/m0/s1. The van der Waals surface area contributed by atoms with Crippen LogP contribution in [0.5, 0.6) is 0 Å². The Morgan fingerprint density at radius 1 is 0.814 bits per heavy atom. The van der Waals surface area contributed by atoms with Crippen LogP contribution in [0.15, 0.2) is 62.7 Å². The van der Waals surface area contributed by atoms with Crippen LogP contribution in [0.4, 0.5) is 11.4 Å². The largest absolute Gasteiger partial charge is 0.478 e. The average molecular weight is 1280 g/mol. The van der Waals surface area contributed by atoms with E-state index in [1.165, 1.54) is 34.8 Å². The number of hydrogen-bond donors (Lipinski definition) is 6. The molecule has 6 N–H and O–H groups in total. The summed E-state index contributed by atoms with van der Waals surface area (Å²) >= 11 is 14.4. The molecule has 6 aromatic rings. The molecule has 2 amide bonds. The van der Waals surface area contributed by atoms with Gasteiger partial charge in [-0.05, 0) is 98.4 Å². The van der Waals surface area contributed by atoms with Gasteiger partial charge in [-0.2, -0.15) is 0 Å². The summed E-state index contributed by atoms with van der Waals surface area (Å²) < 4.78 is 79.5. The topological polar surface area (TPSA) is 332 Å². The molecule has 4 aromatic carbocycles. The van der Waals surface area contributed by atoms with Crippen molar-refractivity contribution < 1.29 is 81.1 Å². The number of H-pyrrole nitrogens is 1. The molecule has 2 aromatic heterocycles. The zero-order valence-corrected chi connectivity index (χ0v) is 49.9. The molecule has 1 fully saturated rings. The van der Waals surface area contributed by atoms with E-state index in [1.807, 2.05) is 0 Å². The molecular weight excluding hydrogens is 1220 g/mol. The van der Waals surface area contributed by atoms with Crippen LogP contribution in [0.1, 0.15) is 109 Å². The van der Waals surface area contributed by atoms with Gasteiger partial charge in [-0.3, -0.25) is 9.59 Å². The monoisotopic (exact) mass is 1280 g/mol. The van der Waals surface area contributed by atoms with Gasteiger partial charge in [0.25, 0.3) is 11.8 Å². The maximum atomic E-state index is 14.0. The van der Waals surface area contributed by atoms with Gasteiger partial charge in [0.1, 0.15) is 0 Å². The quantitative estimate of drug-likeness (QED) is 0.00787. The minimum atomic E-state index is -6.54. The molecular formula is C56H56Cl2N6O19P3+. The summed E-state index contributed by atoms with van der Waals surface area (Å²) in [5.41, 5.74) is 8.34. The van der Waals surface area contributed by atoms with Crippen molar-refractivity contribution in [3.63, 3.8) is 0 Å². The van der Waals surface area contributed by atoms with Gasteiger partial charge in [-0.15, -0.1) is 0 Å². The van der Waals surface area contributed by atoms with Crippen molar-refractivity contribution in [1.82, 2.24) is 20.2 Å². The third-order valence-electron chi connectivity index (χ3n) is 16.2. The number of hydrogen-bond acceptors (Lipinski definition) is 19. The Labute approximate surface area is 499 Å². The fraction of sp³-hybridized carbons (Fsp3) is 0.393. The number of amides is 2. The number of fused-ring (bicyclic) bond motifs is 4. The first kappa shape index (κ1) is 61.0. The van der Waals surface area contributed by atoms with E-state index >= 15 is 0 Å². The molecule has 0 aliphatic carbocycles. The van der Waals surface area contributed by atoms with Crippen LogP contribution < -0.4 is 31.7 Å². The van der Waals surface area contributed by atoms with Crippen LogP contribution in [0.25, 0.3) is 33.1 Å². The number of aromatic carboxylic acids is 1. The zero-order chi connectivity index (χ0) is 60.6. The number of carbonyl (C=O) groups is 3. The van der Waals surface area contributed by atoms with Gasteiger partial charge in [0, 0.05) is 56.0 Å². The zero-order valence-electron chi connectivity index (χ0n) is 45.7. The summed E-state index contributed by atoms with van der Waals surface area (Å²) in [4.78, 5) is 73.0. The minimum absolute atomic E-state index is 0.00194. The van der Waals surface area contributed by atoms with E-state index in [9.17, 15) is 52.6 Å². The van der Waals surface area contributed by atoms with E-state index in [0.29, 0.717) is 16.7 Å². The predicted octanol–water partition coefficient (Wildman–Crippen LogP) is 9.79. The van der Waals surface area contributed by atoms with Crippen molar-refractivity contribution in [1.29, 1.82) is 0 Å². The van der Waals surface area contributed by atoms with Crippen molar-refractivity contribution in [2.24, 2.45) is 0 Å². The maximum Gasteiger partial charge on any atom is 0.366 e. The van der Waals surface area contributed by atoms with Gasteiger partial charge in [-0.1, -0.05) is 35.3 Å². The molecule has 1 saturated heterocycles. The van der Waals surface area contributed by atoms with Crippen LogP contribution in [0.3, 0.4) is 0 Å². The van der Waals surface area contributed by atoms with Crippen molar-refractivity contribution in [3.8, 4) is 23.0 Å².